The van der Waals surface area contributed by atoms with E-state index in [2.05, 4.69) is 39.7 Å². The molecule has 2 aromatic rings. The smallest absolute Gasteiger partial charge is 0.133 e. The van der Waals surface area contributed by atoms with Gasteiger partial charge >= 0.3 is 0 Å². The summed E-state index contributed by atoms with van der Waals surface area (Å²) in [5.41, 5.74) is 2.60. The number of fused-ring (bicyclic) bond motifs is 1. The molecule has 1 unspecified atom stereocenters. The molecule has 3 nitrogen and oxygen atoms in total. The summed E-state index contributed by atoms with van der Waals surface area (Å²) in [6.45, 7) is 2.22. The van der Waals surface area contributed by atoms with Crippen molar-refractivity contribution in [1.29, 1.82) is 0 Å². The van der Waals surface area contributed by atoms with Gasteiger partial charge < -0.3 is 5.32 Å². The van der Waals surface area contributed by atoms with E-state index in [1.807, 2.05) is 11.3 Å². The summed E-state index contributed by atoms with van der Waals surface area (Å²) in [6, 6.07) is 4.67. The van der Waals surface area contributed by atoms with Gasteiger partial charge in [0.2, 0.25) is 0 Å². The molecule has 1 aliphatic rings. The zero-order chi connectivity index (χ0) is 13.8. The van der Waals surface area contributed by atoms with E-state index in [1.54, 1.807) is 6.33 Å². The first-order valence-electron chi connectivity index (χ1n) is 7.51. The van der Waals surface area contributed by atoms with Gasteiger partial charge in [-0.2, -0.15) is 0 Å². The van der Waals surface area contributed by atoms with Crippen LogP contribution in [-0.2, 0) is 12.8 Å². The number of hydrogen-bond acceptors (Lipinski definition) is 4. The Morgan fingerprint density at radius 3 is 2.95 bits per heavy atom. The van der Waals surface area contributed by atoms with Gasteiger partial charge in [0.05, 0.1) is 6.04 Å². The van der Waals surface area contributed by atoms with Crippen LogP contribution in [0.25, 0.3) is 0 Å². The Hall–Kier alpha value is -1.42. The van der Waals surface area contributed by atoms with Crippen LogP contribution in [0.15, 0.2) is 23.8 Å². The number of aryl methyl sites for hydroxylation is 1. The minimum atomic E-state index is 0.359. The van der Waals surface area contributed by atoms with Crippen molar-refractivity contribution in [2.24, 2.45) is 0 Å². The highest BCUT2D eigenvalue weighted by Crippen LogP contribution is 2.29. The summed E-state index contributed by atoms with van der Waals surface area (Å²) in [5.74, 6) is 1.05. The van der Waals surface area contributed by atoms with Crippen molar-refractivity contribution in [3.05, 3.63) is 40.0 Å². The highest BCUT2D eigenvalue weighted by molar-refractivity contribution is 7.10. The Balaban J connectivity index is 1.87. The Morgan fingerprint density at radius 1 is 1.25 bits per heavy atom. The van der Waals surface area contributed by atoms with Gasteiger partial charge in [-0.3, -0.25) is 0 Å². The zero-order valence-electron chi connectivity index (χ0n) is 11.9. The van der Waals surface area contributed by atoms with Crippen LogP contribution >= 0.6 is 11.3 Å². The van der Waals surface area contributed by atoms with Crippen LogP contribution in [0.5, 0.6) is 0 Å². The van der Waals surface area contributed by atoms with Gasteiger partial charge in [0.1, 0.15) is 12.1 Å². The molecule has 1 aliphatic carbocycles. The molecule has 20 heavy (non-hydrogen) atoms. The minimum absolute atomic E-state index is 0.359. The standard InChI is InChI=1S/C16H21N3S/c1-2-13(15-9-6-10-20-15)19-16-12-7-4-3-5-8-14(12)17-11-18-16/h6,9-11,13H,2-5,7-8H2,1H3,(H,17,18,19). The molecule has 0 saturated heterocycles. The number of hydrogen-bond donors (Lipinski definition) is 1. The van der Waals surface area contributed by atoms with Crippen molar-refractivity contribution in [2.45, 2.75) is 51.5 Å². The molecule has 0 spiro atoms. The van der Waals surface area contributed by atoms with Gasteiger partial charge in [-0.25, -0.2) is 9.97 Å². The SMILES string of the molecule is CCC(Nc1ncnc2c1CCCCC2)c1cccs1. The lowest BCUT2D eigenvalue weighted by Crippen LogP contribution is -2.13. The van der Waals surface area contributed by atoms with Crippen LogP contribution in [-0.4, -0.2) is 9.97 Å². The number of aromatic nitrogens is 2. The fourth-order valence-electron chi connectivity index (χ4n) is 2.85. The minimum Gasteiger partial charge on any atom is -0.362 e. The van der Waals surface area contributed by atoms with E-state index >= 15 is 0 Å². The highest BCUT2D eigenvalue weighted by atomic mass is 32.1. The van der Waals surface area contributed by atoms with E-state index in [1.165, 1.54) is 35.4 Å². The van der Waals surface area contributed by atoms with Crippen LogP contribution in [0.4, 0.5) is 5.82 Å². The lowest BCUT2D eigenvalue weighted by molar-refractivity contribution is 0.708. The van der Waals surface area contributed by atoms with E-state index in [9.17, 15) is 0 Å². The second kappa shape index (κ2) is 6.35. The molecule has 106 valence electrons. The molecule has 0 aromatic carbocycles. The molecular formula is C16H21N3S. The van der Waals surface area contributed by atoms with Gasteiger partial charge in [-0.15, -0.1) is 11.3 Å². The first-order chi connectivity index (χ1) is 9.88. The molecule has 0 amide bonds. The molecule has 2 heterocycles. The normalized spacial score (nSPS) is 16.2. The number of anilines is 1. The summed E-state index contributed by atoms with van der Waals surface area (Å²) >= 11 is 1.81. The Kier molecular flexibility index (Phi) is 4.31. The second-order valence-corrected chi connectivity index (χ2v) is 6.31. The van der Waals surface area contributed by atoms with Gasteiger partial charge in [0.25, 0.3) is 0 Å². The quantitative estimate of drug-likeness (QED) is 0.848. The summed E-state index contributed by atoms with van der Waals surface area (Å²) in [5, 5.41) is 5.79. The van der Waals surface area contributed by atoms with E-state index in [0.29, 0.717) is 6.04 Å². The molecule has 0 radical (unpaired) electrons. The average Bonchev–Trinajstić information content (AvgIpc) is 2.89. The van der Waals surface area contributed by atoms with Crippen molar-refractivity contribution < 1.29 is 0 Å². The first kappa shape index (κ1) is 13.6. The van der Waals surface area contributed by atoms with Gasteiger partial charge in [0.15, 0.2) is 0 Å². The number of nitrogens with one attached hydrogen (secondary N) is 1. The maximum Gasteiger partial charge on any atom is 0.133 e. The second-order valence-electron chi connectivity index (χ2n) is 5.33. The van der Waals surface area contributed by atoms with Crippen LogP contribution < -0.4 is 5.32 Å². The van der Waals surface area contributed by atoms with Crippen molar-refractivity contribution >= 4 is 17.2 Å². The third kappa shape index (κ3) is 2.85. The maximum atomic E-state index is 4.51. The maximum absolute atomic E-state index is 4.51. The monoisotopic (exact) mass is 287 g/mol. The first-order valence-corrected chi connectivity index (χ1v) is 8.39. The molecule has 3 rings (SSSR count). The van der Waals surface area contributed by atoms with E-state index in [4.69, 9.17) is 0 Å². The number of nitrogens with zero attached hydrogens (tertiary/aromatic N) is 2. The fraction of sp³-hybridized carbons (Fsp3) is 0.500. The predicted octanol–water partition coefficient (Wildman–Crippen LogP) is 4.37. The molecule has 0 fully saturated rings. The molecule has 0 bridgehead atoms. The van der Waals surface area contributed by atoms with Gasteiger partial charge in [0, 0.05) is 16.1 Å². The van der Waals surface area contributed by atoms with Crippen molar-refractivity contribution in [3.63, 3.8) is 0 Å². The fourth-order valence-corrected chi connectivity index (χ4v) is 3.71. The van der Waals surface area contributed by atoms with Crippen molar-refractivity contribution in [1.82, 2.24) is 9.97 Å². The van der Waals surface area contributed by atoms with E-state index in [0.717, 1.165) is 25.1 Å². The van der Waals surface area contributed by atoms with Gasteiger partial charge in [-0.1, -0.05) is 19.4 Å². The Morgan fingerprint density at radius 2 is 2.15 bits per heavy atom. The van der Waals surface area contributed by atoms with E-state index in [-0.39, 0.29) is 0 Å². The lowest BCUT2D eigenvalue weighted by atomic mass is 10.1. The number of rotatable bonds is 4. The molecule has 1 N–H and O–H groups in total. The zero-order valence-corrected chi connectivity index (χ0v) is 12.7. The summed E-state index contributed by atoms with van der Waals surface area (Å²) < 4.78 is 0. The van der Waals surface area contributed by atoms with Crippen LogP contribution in [0.2, 0.25) is 0 Å². The summed E-state index contributed by atoms with van der Waals surface area (Å²) in [6.07, 6.45) is 8.81. The average molecular weight is 287 g/mol. The van der Waals surface area contributed by atoms with Crippen LogP contribution in [0, 0.1) is 0 Å². The van der Waals surface area contributed by atoms with Crippen molar-refractivity contribution in [2.75, 3.05) is 5.32 Å². The summed E-state index contributed by atoms with van der Waals surface area (Å²) in [7, 11) is 0. The molecule has 0 saturated carbocycles. The molecule has 4 heteroatoms. The number of thiophene rings is 1. The summed E-state index contributed by atoms with van der Waals surface area (Å²) in [4.78, 5) is 10.4. The van der Waals surface area contributed by atoms with Crippen LogP contribution in [0.3, 0.4) is 0 Å². The third-order valence-corrected chi connectivity index (χ3v) is 4.97. The van der Waals surface area contributed by atoms with Gasteiger partial charge in [-0.05, 0) is 43.6 Å². The van der Waals surface area contributed by atoms with E-state index < -0.39 is 0 Å². The molecule has 0 aliphatic heterocycles. The highest BCUT2D eigenvalue weighted by Gasteiger charge is 2.17. The van der Waals surface area contributed by atoms with Crippen LogP contribution in [0.1, 0.15) is 54.8 Å². The molecule has 2 aromatic heterocycles. The Bertz CT molecular complexity index is 551. The van der Waals surface area contributed by atoms with Crippen molar-refractivity contribution in [3.8, 4) is 0 Å². The topological polar surface area (TPSA) is 37.8 Å². The molecular weight excluding hydrogens is 266 g/mol. The lowest BCUT2D eigenvalue weighted by Gasteiger charge is -2.19. The third-order valence-electron chi connectivity index (χ3n) is 3.98. The molecule has 1 atom stereocenters. The Labute approximate surface area is 124 Å². The largest absolute Gasteiger partial charge is 0.362 e. The predicted molar refractivity (Wildman–Crippen MR) is 84.3 cm³/mol.